The number of aromatic nitrogens is 1. The summed E-state index contributed by atoms with van der Waals surface area (Å²) in [5.41, 5.74) is 11.5. The molecule has 0 bridgehead atoms. The number of hydrogen-bond donors (Lipinski definition) is 2. The number of anilines is 4. The summed E-state index contributed by atoms with van der Waals surface area (Å²) in [5, 5.41) is 3.98. The fraction of sp³-hybridized carbons (Fsp3) is 0.174. The van der Waals surface area contributed by atoms with Crippen LogP contribution >= 0.6 is 0 Å². The van der Waals surface area contributed by atoms with Gasteiger partial charge >= 0.3 is 5.97 Å². The molecular formula is C69H60N5O10S+. The van der Waals surface area contributed by atoms with Gasteiger partial charge in [0.1, 0.15) is 0 Å². The van der Waals surface area contributed by atoms with E-state index in [1.165, 1.54) is 18.2 Å². The number of carbonyl (C=O) groups is 4. The lowest BCUT2D eigenvalue weighted by atomic mass is 9.81. The van der Waals surface area contributed by atoms with E-state index in [1.807, 2.05) is 115 Å². The van der Waals surface area contributed by atoms with Gasteiger partial charge in [0.25, 0.3) is 10.1 Å². The van der Waals surface area contributed by atoms with Crippen LogP contribution in [0.1, 0.15) is 61.8 Å². The minimum Gasteiger partial charge on any atom is -0.446 e. The van der Waals surface area contributed by atoms with Crippen LogP contribution in [0.4, 0.5) is 22.7 Å². The number of unbranched alkanes of at least 4 members (excludes halogenated alkanes) is 1. The molecule has 7 aromatic rings. The number of rotatable bonds is 16. The number of fused-ring (bicyclic) bond motifs is 4. The Balaban J connectivity index is 0.937. The minimum absolute atomic E-state index is 0.0132. The first kappa shape index (κ1) is 55.6. The van der Waals surface area contributed by atoms with Crippen molar-refractivity contribution in [3.05, 3.63) is 240 Å². The van der Waals surface area contributed by atoms with Gasteiger partial charge in [-0.15, -0.1) is 0 Å². The molecule has 1 unspecified atom stereocenters. The van der Waals surface area contributed by atoms with Gasteiger partial charge in [-0.2, -0.15) is 13.0 Å². The van der Waals surface area contributed by atoms with Crippen LogP contribution < -0.4 is 34.1 Å². The van der Waals surface area contributed by atoms with E-state index in [1.54, 1.807) is 11.9 Å². The van der Waals surface area contributed by atoms with Crippen molar-refractivity contribution in [3.63, 3.8) is 0 Å². The third-order valence-electron chi connectivity index (χ3n) is 15.8. The summed E-state index contributed by atoms with van der Waals surface area (Å²) in [5.74, 6) is 0.471. The smallest absolute Gasteiger partial charge is 0.306 e. The van der Waals surface area contributed by atoms with Gasteiger partial charge in [-0.05, 0) is 103 Å². The molecule has 0 radical (unpaired) electrons. The zero-order valence-electron chi connectivity index (χ0n) is 46.8. The topological polar surface area (TPSA) is 176 Å². The van der Waals surface area contributed by atoms with Crippen molar-refractivity contribution < 1.29 is 50.9 Å². The van der Waals surface area contributed by atoms with E-state index in [0.717, 1.165) is 78.6 Å². The Kier molecular flexibility index (Phi) is 15.5. The number of amides is 1. The van der Waals surface area contributed by atoms with Gasteiger partial charge in [-0.3, -0.25) is 23.7 Å². The van der Waals surface area contributed by atoms with Crippen LogP contribution in [0.3, 0.4) is 0 Å². The summed E-state index contributed by atoms with van der Waals surface area (Å²) in [6, 6.07) is 51.0. The highest BCUT2D eigenvalue weighted by Crippen LogP contribution is 2.46. The number of ketones is 2. The second-order valence-corrected chi connectivity index (χ2v) is 22.7. The number of benzene rings is 6. The first-order valence-electron chi connectivity index (χ1n) is 28.3. The average molecular weight is 1150 g/mol. The molecule has 15 nitrogen and oxygen atoms in total. The number of nitrogens with one attached hydrogen (secondary N) is 1. The molecule has 2 N–H and O–H groups in total. The van der Waals surface area contributed by atoms with Crippen molar-refractivity contribution in [2.75, 3.05) is 35.3 Å². The van der Waals surface area contributed by atoms with Crippen molar-refractivity contribution in [2.45, 2.75) is 55.9 Å². The number of hydrogen-bond acceptors (Lipinski definition) is 12. The third kappa shape index (κ3) is 11.6. The number of allylic oxidation sites excluding steroid dienone is 9. The first-order valence-corrected chi connectivity index (χ1v) is 29.7. The van der Waals surface area contributed by atoms with E-state index >= 15 is 0 Å². The molecule has 6 aromatic carbocycles. The molecule has 1 atom stereocenters. The number of carbonyl (C=O) groups excluding carboxylic acids is 4. The highest BCUT2D eigenvalue weighted by atomic mass is 32.2. The largest absolute Gasteiger partial charge is 0.446 e. The highest BCUT2D eigenvalue weighted by molar-refractivity contribution is 7.85. The van der Waals surface area contributed by atoms with Gasteiger partial charge in [0.15, 0.2) is 23.1 Å². The van der Waals surface area contributed by atoms with Crippen molar-refractivity contribution in [1.29, 1.82) is 0 Å². The predicted octanol–water partition coefficient (Wildman–Crippen LogP) is 12.1. The molecule has 0 spiro atoms. The number of para-hydroxylation sites is 6. The first-order chi connectivity index (χ1) is 41.2. The maximum absolute atomic E-state index is 14.0. The van der Waals surface area contributed by atoms with Crippen LogP contribution in [0.15, 0.2) is 228 Å². The molecule has 85 heavy (non-hydrogen) atoms. The second kappa shape index (κ2) is 23.8. The number of esters is 1. The lowest BCUT2D eigenvalue weighted by Crippen LogP contribution is -2.35. The summed E-state index contributed by atoms with van der Waals surface area (Å²) in [4.78, 5) is 56.6. The maximum atomic E-state index is 14.0. The van der Waals surface area contributed by atoms with Crippen LogP contribution in [-0.2, 0) is 34.0 Å². The summed E-state index contributed by atoms with van der Waals surface area (Å²) < 4.78 is 54.6. The minimum atomic E-state index is -4.48. The monoisotopic (exact) mass is 1150 g/mol. The lowest BCUT2D eigenvalue weighted by molar-refractivity contribution is -0.569. The van der Waals surface area contributed by atoms with Gasteiger partial charge in [0, 0.05) is 117 Å². The van der Waals surface area contributed by atoms with Crippen LogP contribution in [0.5, 0.6) is 11.5 Å². The van der Waals surface area contributed by atoms with Crippen molar-refractivity contribution in [3.8, 4) is 17.2 Å². The molecule has 16 heteroatoms. The molecule has 12 rings (SSSR count). The summed E-state index contributed by atoms with van der Waals surface area (Å²) >= 11 is 0. The van der Waals surface area contributed by atoms with Crippen molar-refractivity contribution >= 4 is 84.9 Å². The summed E-state index contributed by atoms with van der Waals surface area (Å²) in [6.45, 7) is 0.310. The Morgan fingerprint density at radius 3 is 2.15 bits per heavy atom. The zero-order valence-corrected chi connectivity index (χ0v) is 47.6. The summed E-state index contributed by atoms with van der Waals surface area (Å²) in [7, 11) is -0.704. The van der Waals surface area contributed by atoms with Crippen LogP contribution in [0.2, 0.25) is 0 Å². The molecule has 1 fully saturated rings. The normalized spacial score (nSPS) is 18.4. The van der Waals surface area contributed by atoms with E-state index in [-0.39, 0.29) is 54.0 Å². The van der Waals surface area contributed by atoms with Crippen LogP contribution in [0.25, 0.3) is 34.3 Å². The molecule has 426 valence electrons. The van der Waals surface area contributed by atoms with Crippen molar-refractivity contribution in [1.82, 2.24) is 5.32 Å². The second-order valence-electron chi connectivity index (χ2n) is 21.3. The number of pyridine rings is 1. The Bertz CT molecular complexity index is 4190. The Labute approximate surface area is 492 Å². The predicted molar refractivity (Wildman–Crippen MR) is 327 cm³/mol. The molecule has 1 aromatic heterocycles. The standard InChI is InChI=1S/C69H59N5O10S/c1-71-59-28-13-14-29-63(59)82-66(71)42-47-40-51(73(49-20-5-3-6-21-49)57-26-11-9-24-55(47)57)38-45-18-17-19-46(54(45)32-36-65(77)70-37-16-15-30-68(78)84-69-61(75)33-34-62(69)76)39-52-41-48(56-25-10-12-27-58(56)74(52)50-22-7-4-8-23-50)43-67-72(2)60-44-53(85(79,80)81)31-35-64(60)83-67/h3-14,17-29,31,35,38-44,54,69H,15-16,30,32-34,36-37H2,1-2H3,(H-,70,77,79,80,81)/p+1. The molecular weight excluding hydrogens is 1090 g/mol. The highest BCUT2D eigenvalue weighted by Gasteiger charge is 2.36. The zero-order chi connectivity index (χ0) is 58.8. The molecule has 0 saturated heterocycles. The van der Waals surface area contributed by atoms with E-state index in [9.17, 15) is 32.1 Å². The maximum Gasteiger partial charge on any atom is 0.306 e. The molecule has 5 aliphatic rings. The quantitative estimate of drug-likeness (QED) is 0.0308. The number of Topliss-reactive ketones (excluding diaryl/α,β-unsaturated/α-hetero) is 2. The van der Waals surface area contributed by atoms with E-state index < -0.39 is 22.2 Å². The van der Waals surface area contributed by atoms with Gasteiger partial charge in [0.2, 0.25) is 40.7 Å². The molecule has 4 heterocycles. The molecule has 3 aliphatic heterocycles. The SMILES string of the molecule is CN1C(=CC2=CC(=CC3=CC=CC(=Cc4cc(C=C5Oc6ccc(S(=O)(=O)O)cc6N5C)c5ccccc5[n+]4-c4ccccc4)C3CCC(=O)NCCCCC(=O)OC3C(=O)CCC3=O)N(c3ccccc3)c3ccccc32)Oc2ccccc21. The van der Waals surface area contributed by atoms with Crippen molar-refractivity contribution in [2.24, 2.45) is 5.92 Å². The Morgan fingerprint density at radius 2 is 1.39 bits per heavy atom. The van der Waals surface area contributed by atoms with Gasteiger partial charge in [-0.25, -0.2) is 0 Å². The van der Waals surface area contributed by atoms with Gasteiger partial charge in [-0.1, -0.05) is 97.1 Å². The molecule has 2 aliphatic carbocycles. The average Bonchev–Trinajstić information content (AvgIpc) is 2.47. The van der Waals surface area contributed by atoms with E-state index in [0.29, 0.717) is 49.0 Å². The lowest BCUT2D eigenvalue weighted by Gasteiger charge is -2.34. The molecule has 1 saturated carbocycles. The third-order valence-corrected chi connectivity index (χ3v) is 16.6. The van der Waals surface area contributed by atoms with Gasteiger partial charge in [0.05, 0.1) is 27.3 Å². The molecule has 1 amide bonds. The van der Waals surface area contributed by atoms with Crippen LogP contribution in [-0.4, -0.2) is 63.2 Å². The fourth-order valence-electron chi connectivity index (χ4n) is 11.5. The fourth-order valence-corrected chi connectivity index (χ4v) is 12.0. The van der Waals surface area contributed by atoms with E-state index in [4.69, 9.17) is 14.2 Å². The van der Waals surface area contributed by atoms with E-state index in [2.05, 4.69) is 99.8 Å². The number of nitrogens with zero attached hydrogens (tertiary/aromatic N) is 4. The Hall–Kier alpha value is -9.90. The van der Waals surface area contributed by atoms with Gasteiger partial charge < -0.3 is 34.2 Å². The van der Waals surface area contributed by atoms with Crippen LogP contribution in [0, 0.1) is 5.92 Å². The summed E-state index contributed by atoms with van der Waals surface area (Å²) in [6.07, 6.45) is 17.1. The number of ether oxygens (including phenoxy) is 3. The Morgan fingerprint density at radius 1 is 0.718 bits per heavy atom.